The Kier molecular flexibility index (Phi) is 6.33. The summed E-state index contributed by atoms with van der Waals surface area (Å²) in [4.78, 5) is 26.5. The molecule has 41 heavy (non-hydrogen) atoms. The number of Topliss-reactive ketones (excluding diaryl/α,β-unsaturated/α-hetero) is 2. The van der Waals surface area contributed by atoms with Crippen molar-refractivity contribution in [2.45, 2.75) is 45.3 Å². The first-order valence-corrected chi connectivity index (χ1v) is 13.3. The molecule has 2 atom stereocenters. The summed E-state index contributed by atoms with van der Waals surface area (Å²) < 4.78 is 12.2. The predicted octanol–water partition coefficient (Wildman–Crippen LogP) is 6.13. The molecule has 0 fully saturated rings. The lowest BCUT2D eigenvalue weighted by Gasteiger charge is -2.30. The summed E-state index contributed by atoms with van der Waals surface area (Å²) in [5.74, 6) is -2.26. The van der Waals surface area contributed by atoms with Crippen LogP contribution in [0.15, 0.2) is 60.7 Å². The van der Waals surface area contributed by atoms with Gasteiger partial charge in [0.2, 0.25) is 0 Å². The quantitative estimate of drug-likeness (QED) is 0.238. The van der Waals surface area contributed by atoms with Gasteiger partial charge in [0.1, 0.15) is 57.8 Å². The molecule has 0 radical (unpaired) electrons. The number of ether oxygens (including phenoxy) is 2. The Morgan fingerprint density at radius 2 is 0.976 bits per heavy atom. The van der Waals surface area contributed by atoms with Gasteiger partial charge in [0, 0.05) is 28.7 Å². The highest BCUT2D eigenvalue weighted by Crippen LogP contribution is 2.52. The van der Waals surface area contributed by atoms with Gasteiger partial charge >= 0.3 is 0 Å². The fraction of sp³-hybridized carbons (Fsp3) is 0.212. The first-order valence-electron chi connectivity index (χ1n) is 13.3. The molecule has 2 aliphatic heterocycles. The molecular weight excluding hydrogens is 524 g/mol. The second-order valence-electron chi connectivity index (χ2n) is 10.5. The van der Waals surface area contributed by atoms with Crippen molar-refractivity contribution in [3.63, 3.8) is 0 Å². The van der Waals surface area contributed by atoms with Crippen molar-refractivity contribution in [3.05, 3.63) is 105 Å². The van der Waals surface area contributed by atoms with E-state index in [1.807, 2.05) is 60.7 Å². The van der Waals surface area contributed by atoms with Crippen LogP contribution < -0.4 is 9.47 Å². The molecule has 2 heterocycles. The summed E-state index contributed by atoms with van der Waals surface area (Å²) >= 11 is 0. The van der Waals surface area contributed by atoms with Gasteiger partial charge in [0.15, 0.2) is 11.6 Å². The number of hydrogen-bond acceptors (Lipinski definition) is 8. The number of phenols is 4. The van der Waals surface area contributed by atoms with Gasteiger partial charge in [-0.1, -0.05) is 60.7 Å². The number of carbonyl (C=O) groups is 2. The van der Waals surface area contributed by atoms with E-state index >= 15 is 0 Å². The molecule has 0 saturated carbocycles. The third-order valence-corrected chi connectivity index (χ3v) is 7.98. The zero-order valence-electron chi connectivity index (χ0n) is 22.5. The van der Waals surface area contributed by atoms with Crippen LogP contribution in [0.4, 0.5) is 0 Å². The Morgan fingerprint density at radius 1 is 0.610 bits per heavy atom. The first kappa shape index (κ1) is 26.3. The molecule has 4 aromatic rings. The summed E-state index contributed by atoms with van der Waals surface area (Å²) in [6.45, 7) is 3.13. The van der Waals surface area contributed by atoms with Gasteiger partial charge in [-0.25, -0.2) is 0 Å². The molecule has 2 unspecified atom stereocenters. The molecule has 0 spiro atoms. The Labute approximate surface area is 236 Å². The molecule has 4 aromatic carbocycles. The Bertz CT molecular complexity index is 1580. The van der Waals surface area contributed by atoms with Crippen molar-refractivity contribution in [3.8, 4) is 34.5 Å². The molecule has 6 rings (SSSR count). The van der Waals surface area contributed by atoms with E-state index in [2.05, 4.69) is 0 Å². The highest BCUT2D eigenvalue weighted by molar-refractivity contribution is 6.05. The number of fused-ring (bicyclic) bond motifs is 2. The van der Waals surface area contributed by atoms with Gasteiger partial charge in [-0.05, 0) is 25.0 Å². The number of ketones is 2. The number of carbonyl (C=O) groups excluding carboxylic acids is 2. The Morgan fingerprint density at radius 3 is 1.34 bits per heavy atom. The lowest BCUT2D eigenvalue weighted by molar-refractivity contribution is 0.0833. The molecular formula is C33H28O8. The molecule has 2 aliphatic rings. The van der Waals surface area contributed by atoms with E-state index in [9.17, 15) is 30.0 Å². The van der Waals surface area contributed by atoms with Crippen LogP contribution in [0.1, 0.15) is 79.1 Å². The maximum absolute atomic E-state index is 13.2. The summed E-state index contributed by atoms with van der Waals surface area (Å²) in [7, 11) is 0. The fourth-order valence-electron chi connectivity index (χ4n) is 5.72. The van der Waals surface area contributed by atoms with E-state index in [-0.39, 0.29) is 87.2 Å². The minimum Gasteiger partial charge on any atom is -0.507 e. The molecule has 0 saturated heterocycles. The zero-order chi connectivity index (χ0) is 29.0. The predicted molar refractivity (Wildman–Crippen MR) is 149 cm³/mol. The second kappa shape index (κ2) is 9.89. The topological polar surface area (TPSA) is 134 Å². The van der Waals surface area contributed by atoms with Crippen molar-refractivity contribution in [2.24, 2.45) is 0 Å². The first-order chi connectivity index (χ1) is 19.7. The Hall–Kier alpha value is -4.98. The molecule has 4 N–H and O–H groups in total. The largest absolute Gasteiger partial charge is 0.507 e. The molecule has 0 amide bonds. The zero-order valence-corrected chi connectivity index (χ0v) is 22.5. The molecule has 208 valence electrons. The SMILES string of the molecule is Cc1c(O)c(Cc2c(O)c(C)c3c(c2O)C(=O)CC(c2ccccc2)O3)c(O)c2c1OC(c1ccccc1)CC2=O. The fourth-order valence-corrected chi connectivity index (χ4v) is 5.72. The standard InChI is InChI=1S/C33H28O8/c1-16-28(36)20(30(38)26-22(34)14-24(40-32(16)26)18-9-5-3-6-10-18)13-21-29(37)17(2)33-27(31(21)39)23(35)15-25(41-33)19-11-7-4-8-12-19/h3-12,24-25,36-39H,13-15H2,1-2H3. The molecule has 8 nitrogen and oxygen atoms in total. The van der Waals surface area contributed by atoms with Crippen LogP contribution in [-0.2, 0) is 6.42 Å². The molecule has 0 bridgehead atoms. The van der Waals surface area contributed by atoms with Crippen LogP contribution in [0.3, 0.4) is 0 Å². The van der Waals surface area contributed by atoms with Gasteiger partial charge in [-0.3, -0.25) is 9.59 Å². The van der Waals surface area contributed by atoms with E-state index in [4.69, 9.17) is 9.47 Å². The van der Waals surface area contributed by atoms with Gasteiger partial charge in [0.05, 0.1) is 12.8 Å². The maximum atomic E-state index is 13.2. The normalized spacial score (nSPS) is 17.8. The smallest absolute Gasteiger partial charge is 0.174 e. The summed E-state index contributed by atoms with van der Waals surface area (Å²) in [5, 5.41) is 44.7. The van der Waals surface area contributed by atoms with Gasteiger partial charge in [-0.2, -0.15) is 0 Å². The van der Waals surface area contributed by atoms with E-state index in [1.165, 1.54) is 0 Å². The summed E-state index contributed by atoms with van der Waals surface area (Å²) in [5.41, 5.74) is 1.76. The van der Waals surface area contributed by atoms with E-state index in [0.29, 0.717) is 0 Å². The van der Waals surface area contributed by atoms with Crippen molar-refractivity contribution >= 4 is 11.6 Å². The van der Waals surface area contributed by atoms with Crippen molar-refractivity contribution in [1.82, 2.24) is 0 Å². The lowest BCUT2D eigenvalue weighted by atomic mass is 9.87. The van der Waals surface area contributed by atoms with Crippen molar-refractivity contribution in [1.29, 1.82) is 0 Å². The highest BCUT2D eigenvalue weighted by Gasteiger charge is 2.38. The van der Waals surface area contributed by atoms with Crippen molar-refractivity contribution in [2.75, 3.05) is 0 Å². The van der Waals surface area contributed by atoms with Crippen LogP contribution in [0, 0.1) is 13.8 Å². The maximum Gasteiger partial charge on any atom is 0.174 e. The average molecular weight is 553 g/mol. The highest BCUT2D eigenvalue weighted by atomic mass is 16.5. The Balaban J connectivity index is 1.40. The third-order valence-electron chi connectivity index (χ3n) is 7.98. The number of rotatable bonds is 4. The van der Waals surface area contributed by atoms with Crippen LogP contribution in [-0.4, -0.2) is 32.0 Å². The summed E-state index contributed by atoms with van der Waals surface area (Å²) in [6.07, 6.45) is -1.56. The monoisotopic (exact) mass is 552 g/mol. The second-order valence-corrected chi connectivity index (χ2v) is 10.5. The summed E-state index contributed by atoms with van der Waals surface area (Å²) in [6, 6.07) is 18.4. The van der Waals surface area contributed by atoms with E-state index < -0.39 is 23.7 Å². The number of benzene rings is 4. The van der Waals surface area contributed by atoms with Gasteiger partial charge in [0.25, 0.3) is 0 Å². The van der Waals surface area contributed by atoms with Gasteiger partial charge in [-0.15, -0.1) is 0 Å². The lowest BCUT2D eigenvalue weighted by Crippen LogP contribution is -2.22. The van der Waals surface area contributed by atoms with Crippen LogP contribution in [0.2, 0.25) is 0 Å². The van der Waals surface area contributed by atoms with Crippen molar-refractivity contribution < 1.29 is 39.5 Å². The van der Waals surface area contributed by atoms with Crippen LogP contribution >= 0.6 is 0 Å². The van der Waals surface area contributed by atoms with Crippen LogP contribution in [0.5, 0.6) is 34.5 Å². The minimum atomic E-state index is -0.582. The average Bonchev–Trinajstić information content (AvgIpc) is 2.98. The molecule has 0 aliphatic carbocycles. The molecule has 8 heteroatoms. The number of phenolic OH excluding ortho intramolecular Hbond substituents is 4. The van der Waals surface area contributed by atoms with E-state index in [0.717, 1.165) is 11.1 Å². The van der Waals surface area contributed by atoms with E-state index in [1.54, 1.807) is 13.8 Å². The van der Waals surface area contributed by atoms with Crippen LogP contribution in [0.25, 0.3) is 0 Å². The third kappa shape index (κ3) is 4.23. The minimum absolute atomic E-state index is 0.0168. The van der Waals surface area contributed by atoms with Gasteiger partial charge < -0.3 is 29.9 Å². The number of hydrogen-bond donors (Lipinski definition) is 4. The molecule has 0 aromatic heterocycles. The number of aromatic hydroxyl groups is 4.